The van der Waals surface area contributed by atoms with Crippen molar-refractivity contribution in [1.82, 2.24) is 0 Å². The lowest BCUT2D eigenvalue weighted by Gasteiger charge is -2.07. The van der Waals surface area contributed by atoms with E-state index < -0.39 is 11.9 Å². The molecular weight excluding hydrogens is 258 g/mol. The van der Waals surface area contributed by atoms with E-state index in [-0.39, 0.29) is 12.1 Å². The van der Waals surface area contributed by atoms with Gasteiger partial charge in [-0.15, -0.1) is 0 Å². The van der Waals surface area contributed by atoms with Crippen molar-refractivity contribution in [2.75, 3.05) is 6.54 Å². The molecule has 0 atom stereocenters. The Kier molecular flexibility index (Phi) is 4.47. The normalized spacial score (nSPS) is 9.85. The number of rotatable bonds is 4. The molecule has 0 spiro atoms. The molecule has 0 aromatic heterocycles. The van der Waals surface area contributed by atoms with Gasteiger partial charge in [0.25, 0.3) is 0 Å². The standard InChI is InChI=1S/C15H13NO4/c16-10-14(17)20-15(18)11-5-4-8-13(9-11)19-12-6-2-1-3-7-12/h1-9H,10,16H2. The molecule has 5 nitrogen and oxygen atoms in total. The van der Waals surface area contributed by atoms with Gasteiger partial charge in [-0.3, -0.25) is 4.79 Å². The Morgan fingerprint density at radius 2 is 1.65 bits per heavy atom. The van der Waals surface area contributed by atoms with Crippen LogP contribution in [0, 0.1) is 0 Å². The molecule has 0 amide bonds. The Labute approximate surface area is 115 Å². The summed E-state index contributed by atoms with van der Waals surface area (Å²) in [6, 6.07) is 15.5. The predicted octanol–water partition coefficient (Wildman–Crippen LogP) is 2.12. The summed E-state index contributed by atoms with van der Waals surface area (Å²) in [4.78, 5) is 22.6. The van der Waals surface area contributed by atoms with E-state index in [1.54, 1.807) is 24.3 Å². The van der Waals surface area contributed by atoms with E-state index in [0.29, 0.717) is 11.5 Å². The maximum absolute atomic E-state index is 11.7. The molecule has 20 heavy (non-hydrogen) atoms. The van der Waals surface area contributed by atoms with Crippen molar-refractivity contribution in [3.8, 4) is 11.5 Å². The van der Waals surface area contributed by atoms with E-state index >= 15 is 0 Å². The molecule has 0 bridgehead atoms. The Hall–Kier alpha value is -2.66. The third kappa shape index (κ3) is 3.66. The first-order valence-corrected chi connectivity index (χ1v) is 5.97. The summed E-state index contributed by atoms with van der Waals surface area (Å²) in [5, 5.41) is 0. The quantitative estimate of drug-likeness (QED) is 0.680. The molecule has 0 aliphatic rings. The fourth-order valence-electron chi connectivity index (χ4n) is 1.52. The maximum atomic E-state index is 11.7. The second-order valence-electron chi connectivity index (χ2n) is 3.91. The van der Waals surface area contributed by atoms with E-state index in [1.807, 2.05) is 18.2 Å². The fraction of sp³-hybridized carbons (Fsp3) is 0.0667. The molecule has 102 valence electrons. The van der Waals surface area contributed by atoms with Crippen molar-refractivity contribution in [3.05, 3.63) is 60.2 Å². The van der Waals surface area contributed by atoms with Gasteiger partial charge < -0.3 is 15.2 Å². The molecule has 2 N–H and O–H groups in total. The summed E-state index contributed by atoms with van der Waals surface area (Å²) < 4.78 is 10.1. The number of hydrogen-bond donors (Lipinski definition) is 1. The number of para-hydroxylation sites is 1. The van der Waals surface area contributed by atoms with Crippen LogP contribution in [0.4, 0.5) is 0 Å². The molecule has 0 heterocycles. The highest BCUT2D eigenvalue weighted by Crippen LogP contribution is 2.22. The molecule has 0 saturated carbocycles. The summed E-state index contributed by atoms with van der Waals surface area (Å²) >= 11 is 0. The van der Waals surface area contributed by atoms with Crippen LogP contribution in [0.2, 0.25) is 0 Å². The van der Waals surface area contributed by atoms with Gasteiger partial charge in [-0.25, -0.2) is 4.79 Å². The predicted molar refractivity (Wildman–Crippen MR) is 72.4 cm³/mol. The van der Waals surface area contributed by atoms with Gasteiger partial charge >= 0.3 is 11.9 Å². The summed E-state index contributed by atoms with van der Waals surface area (Å²) in [6.45, 7) is -0.341. The van der Waals surface area contributed by atoms with Crippen molar-refractivity contribution in [1.29, 1.82) is 0 Å². The zero-order valence-electron chi connectivity index (χ0n) is 10.6. The average molecular weight is 271 g/mol. The summed E-state index contributed by atoms with van der Waals surface area (Å²) in [5.74, 6) is -0.398. The minimum absolute atomic E-state index is 0.222. The third-order valence-electron chi connectivity index (χ3n) is 2.42. The minimum atomic E-state index is -0.774. The largest absolute Gasteiger partial charge is 0.457 e. The lowest BCUT2D eigenvalue weighted by molar-refractivity contribution is -0.136. The van der Waals surface area contributed by atoms with Crippen LogP contribution in [0.25, 0.3) is 0 Å². The van der Waals surface area contributed by atoms with E-state index in [1.165, 1.54) is 12.1 Å². The first-order valence-electron chi connectivity index (χ1n) is 5.97. The third-order valence-corrected chi connectivity index (χ3v) is 2.42. The number of hydrogen-bond acceptors (Lipinski definition) is 5. The van der Waals surface area contributed by atoms with Gasteiger partial charge in [0, 0.05) is 0 Å². The molecule has 2 rings (SSSR count). The topological polar surface area (TPSA) is 78.6 Å². The van der Waals surface area contributed by atoms with E-state index in [4.69, 9.17) is 10.5 Å². The van der Waals surface area contributed by atoms with Gasteiger partial charge in [0.1, 0.15) is 11.5 Å². The average Bonchev–Trinajstić information content (AvgIpc) is 2.48. The highest BCUT2D eigenvalue weighted by Gasteiger charge is 2.12. The molecule has 0 aliphatic heterocycles. The Morgan fingerprint density at radius 1 is 0.950 bits per heavy atom. The SMILES string of the molecule is NCC(=O)OC(=O)c1cccc(Oc2ccccc2)c1. The van der Waals surface area contributed by atoms with Crippen molar-refractivity contribution < 1.29 is 19.1 Å². The van der Waals surface area contributed by atoms with Crippen molar-refractivity contribution in [2.24, 2.45) is 5.73 Å². The summed E-state index contributed by atoms with van der Waals surface area (Å²) in [5.41, 5.74) is 5.30. The fourth-order valence-corrected chi connectivity index (χ4v) is 1.52. The smallest absolute Gasteiger partial charge is 0.345 e. The molecule has 0 unspecified atom stereocenters. The van der Waals surface area contributed by atoms with Crippen LogP contribution in [-0.2, 0) is 9.53 Å². The van der Waals surface area contributed by atoms with E-state index in [2.05, 4.69) is 4.74 Å². The zero-order valence-corrected chi connectivity index (χ0v) is 10.6. The number of nitrogens with two attached hydrogens (primary N) is 1. The van der Waals surface area contributed by atoms with Crippen LogP contribution in [0.15, 0.2) is 54.6 Å². The monoisotopic (exact) mass is 271 g/mol. The molecule has 0 fully saturated rings. The minimum Gasteiger partial charge on any atom is -0.457 e. The van der Waals surface area contributed by atoms with E-state index in [9.17, 15) is 9.59 Å². The first-order chi connectivity index (χ1) is 9.69. The Bertz CT molecular complexity index is 610. The molecule has 0 aliphatic carbocycles. The van der Waals surface area contributed by atoms with Gasteiger partial charge in [0.05, 0.1) is 12.1 Å². The van der Waals surface area contributed by atoms with Gasteiger partial charge in [0.2, 0.25) is 0 Å². The number of ether oxygens (including phenoxy) is 2. The number of carbonyl (C=O) groups excluding carboxylic acids is 2. The van der Waals surface area contributed by atoms with Gasteiger partial charge in [-0.2, -0.15) is 0 Å². The Balaban J connectivity index is 2.12. The van der Waals surface area contributed by atoms with E-state index in [0.717, 1.165) is 0 Å². The summed E-state index contributed by atoms with van der Waals surface area (Å²) in [7, 11) is 0. The molecular formula is C15H13NO4. The number of benzene rings is 2. The van der Waals surface area contributed by atoms with Gasteiger partial charge in [-0.05, 0) is 30.3 Å². The van der Waals surface area contributed by atoms with Crippen LogP contribution < -0.4 is 10.5 Å². The molecule has 0 saturated heterocycles. The van der Waals surface area contributed by atoms with Crippen LogP contribution in [0.5, 0.6) is 11.5 Å². The first kappa shape index (κ1) is 13.8. The molecule has 5 heteroatoms. The highest BCUT2D eigenvalue weighted by molar-refractivity contribution is 5.97. The maximum Gasteiger partial charge on any atom is 0.345 e. The molecule has 2 aromatic rings. The number of carbonyl (C=O) groups is 2. The summed E-state index contributed by atoms with van der Waals surface area (Å²) in [6.07, 6.45) is 0. The lowest BCUT2D eigenvalue weighted by atomic mass is 10.2. The highest BCUT2D eigenvalue weighted by atomic mass is 16.6. The lowest BCUT2D eigenvalue weighted by Crippen LogP contribution is -2.20. The number of esters is 2. The zero-order chi connectivity index (χ0) is 14.4. The van der Waals surface area contributed by atoms with Crippen molar-refractivity contribution in [2.45, 2.75) is 0 Å². The molecule has 0 radical (unpaired) electrons. The van der Waals surface area contributed by atoms with Gasteiger partial charge in [-0.1, -0.05) is 24.3 Å². The van der Waals surface area contributed by atoms with Crippen LogP contribution in [-0.4, -0.2) is 18.5 Å². The van der Waals surface area contributed by atoms with Gasteiger partial charge in [0.15, 0.2) is 0 Å². The van der Waals surface area contributed by atoms with Crippen LogP contribution in [0.3, 0.4) is 0 Å². The second kappa shape index (κ2) is 6.49. The molecule has 2 aromatic carbocycles. The van der Waals surface area contributed by atoms with Crippen LogP contribution in [0.1, 0.15) is 10.4 Å². The van der Waals surface area contributed by atoms with Crippen molar-refractivity contribution in [3.63, 3.8) is 0 Å². The Morgan fingerprint density at radius 3 is 2.35 bits per heavy atom. The second-order valence-corrected chi connectivity index (χ2v) is 3.91. The van der Waals surface area contributed by atoms with Crippen molar-refractivity contribution >= 4 is 11.9 Å². The van der Waals surface area contributed by atoms with Crippen LogP contribution >= 0.6 is 0 Å².